The molecule has 0 aliphatic carbocycles. The Bertz CT molecular complexity index is 142. The van der Waals surface area contributed by atoms with Gasteiger partial charge in [-0.15, -0.1) is 0 Å². The molecule has 0 bridgehead atoms. The number of nitrogens with one attached hydrogen (secondary N) is 1. The molecule has 0 amide bonds. The van der Waals surface area contributed by atoms with Crippen molar-refractivity contribution in [3.8, 4) is 0 Å². The second-order valence-electron chi connectivity index (χ2n) is 4.15. The third kappa shape index (κ3) is 8.08. The van der Waals surface area contributed by atoms with E-state index in [2.05, 4.69) is 31.0 Å². The minimum absolute atomic E-state index is 0.626. The van der Waals surface area contributed by atoms with Crippen LogP contribution in [0.4, 0.5) is 0 Å². The van der Waals surface area contributed by atoms with Crippen LogP contribution in [-0.2, 0) is 4.74 Å². The molecular weight excluding hydrogens is 200 g/mol. The molecule has 3 nitrogen and oxygen atoms in total. The maximum atomic E-state index is 5.40. The first kappa shape index (κ1) is 15.9. The highest BCUT2D eigenvalue weighted by Gasteiger charge is 2.10. The molecule has 0 spiro atoms. The van der Waals surface area contributed by atoms with E-state index >= 15 is 0 Å². The van der Waals surface area contributed by atoms with Gasteiger partial charge in [0.1, 0.15) is 0 Å². The molecule has 98 valence electrons. The van der Waals surface area contributed by atoms with Crippen LogP contribution in [0.15, 0.2) is 0 Å². The van der Waals surface area contributed by atoms with Gasteiger partial charge in [-0.25, -0.2) is 0 Å². The van der Waals surface area contributed by atoms with Gasteiger partial charge in [-0.2, -0.15) is 0 Å². The molecule has 0 saturated heterocycles. The van der Waals surface area contributed by atoms with E-state index in [1.165, 1.54) is 12.8 Å². The van der Waals surface area contributed by atoms with Gasteiger partial charge >= 0.3 is 0 Å². The molecule has 0 fully saturated rings. The van der Waals surface area contributed by atoms with Gasteiger partial charge in [0.05, 0.1) is 6.61 Å². The van der Waals surface area contributed by atoms with Gasteiger partial charge in [0.25, 0.3) is 0 Å². The second kappa shape index (κ2) is 11.4. The molecule has 1 atom stereocenters. The highest BCUT2D eigenvalue weighted by molar-refractivity contribution is 4.70. The third-order valence-corrected chi connectivity index (χ3v) is 2.86. The van der Waals surface area contributed by atoms with Gasteiger partial charge in [0, 0.05) is 25.7 Å². The lowest BCUT2D eigenvalue weighted by Crippen LogP contribution is -2.42. The summed E-state index contributed by atoms with van der Waals surface area (Å²) in [5.41, 5.74) is 0. The van der Waals surface area contributed by atoms with Crippen molar-refractivity contribution in [3.63, 3.8) is 0 Å². The molecule has 0 heterocycles. The average Bonchev–Trinajstić information content (AvgIpc) is 2.32. The van der Waals surface area contributed by atoms with Crippen LogP contribution in [0.1, 0.15) is 40.5 Å². The summed E-state index contributed by atoms with van der Waals surface area (Å²) in [5.74, 6) is 0. The standard InChI is InChI=1S/C13H30N2O/c1-5-9-14-13(6-2)12-15(7-3)10-11-16-8-4/h13-14H,5-12H2,1-4H3. The SMILES string of the molecule is CCCNC(CC)CN(CC)CCOCC. The first-order valence-electron chi connectivity index (χ1n) is 6.81. The molecule has 0 aromatic heterocycles. The summed E-state index contributed by atoms with van der Waals surface area (Å²) >= 11 is 0. The maximum Gasteiger partial charge on any atom is 0.0593 e. The van der Waals surface area contributed by atoms with Crippen LogP contribution in [0.25, 0.3) is 0 Å². The van der Waals surface area contributed by atoms with E-state index in [0.29, 0.717) is 6.04 Å². The minimum atomic E-state index is 0.626. The highest BCUT2D eigenvalue weighted by atomic mass is 16.5. The molecule has 0 saturated carbocycles. The van der Waals surface area contributed by atoms with Crippen LogP contribution in [-0.4, -0.2) is 50.3 Å². The molecular formula is C13H30N2O. The van der Waals surface area contributed by atoms with Gasteiger partial charge in [-0.05, 0) is 32.9 Å². The largest absolute Gasteiger partial charge is 0.380 e. The molecule has 0 radical (unpaired) electrons. The Kier molecular flexibility index (Phi) is 11.3. The molecule has 0 rings (SSSR count). The van der Waals surface area contributed by atoms with E-state index in [0.717, 1.165) is 39.4 Å². The van der Waals surface area contributed by atoms with Gasteiger partial charge < -0.3 is 10.1 Å². The topological polar surface area (TPSA) is 24.5 Å². The van der Waals surface area contributed by atoms with Gasteiger partial charge in [0.2, 0.25) is 0 Å². The fourth-order valence-corrected chi connectivity index (χ4v) is 1.71. The van der Waals surface area contributed by atoms with Crippen molar-refractivity contribution in [1.82, 2.24) is 10.2 Å². The molecule has 1 unspecified atom stereocenters. The quantitative estimate of drug-likeness (QED) is 0.550. The van der Waals surface area contributed by atoms with E-state index < -0.39 is 0 Å². The summed E-state index contributed by atoms with van der Waals surface area (Å²) in [6.07, 6.45) is 2.41. The van der Waals surface area contributed by atoms with Crippen LogP contribution in [0.3, 0.4) is 0 Å². The van der Waals surface area contributed by atoms with E-state index in [1.54, 1.807) is 0 Å². The number of rotatable bonds is 11. The maximum absolute atomic E-state index is 5.40. The number of ether oxygens (including phenoxy) is 1. The van der Waals surface area contributed by atoms with Crippen molar-refractivity contribution in [1.29, 1.82) is 0 Å². The van der Waals surface area contributed by atoms with Crippen molar-refractivity contribution < 1.29 is 4.74 Å². The third-order valence-electron chi connectivity index (χ3n) is 2.86. The zero-order valence-corrected chi connectivity index (χ0v) is 11.6. The Morgan fingerprint density at radius 1 is 1.19 bits per heavy atom. The van der Waals surface area contributed by atoms with Crippen molar-refractivity contribution in [2.24, 2.45) is 0 Å². The molecule has 0 aliphatic heterocycles. The zero-order valence-electron chi connectivity index (χ0n) is 11.6. The molecule has 0 aliphatic rings. The predicted molar refractivity (Wildman–Crippen MR) is 71.0 cm³/mol. The monoisotopic (exact) mass is 230 g/mol. The second-order valence-corrected chi connectivity index (χ2v) is 4.15. The fourth-order valence-electron chi connectivity index (χ4n) is 1.71. The lowest BCUT2D eigenvalue weighted by Gasteiger charge is -2.26. The van der Waals surface area contributed by atoms with Crippen LogP contribution in [0.2, 0.25) is 0 Å². The van der Waals surface area contributed by atoms with Crippen molar-refractivity contribution in [3.05, 3.63) is 0 Å². The Labute approximate surface area is 102 Å². The first-order chi connectivity index (χ1) is 7.78. The van der Waals surface area contributed by atoms with Gasteiger partial charge in [-0.3, -0.25) is 4.90 Å². The molecule has 3 heteroatoms. The predicted octanol–water partition coefficient (Wildman–Crippen LogP) is 2.12. The minimum Gasteiger partial charge on any atom is -0.380 e. The van der Waals surface area contributed by atoms with Crippen LogP contribution in [0, 0.1) is 0 Å². The zero-order chi connectivity index (χ0) is 12.2. The molecule has 1 N–H and O–H groups in total. The smallest absolute Gasteiger partial charge is 0.0593 e. The van der Waals surface area contributed by atoms with E-state index in [-0.39, 0.29) is 0 Å². The summed E-state index contributed by atoms with van der Waals surface area (Å²) in [4.78, 5) is 2.46. The summed E-state index contributed by atoms with van der Waals surface area (Å²) in [7, 11) is 0. The van der Waals surface area contributed by atoms with E-state index in [1.807, 2.05) is 6.92 Å². The summed E-state index contributed by atoms with van der Waals surface area (Å²) in [6.45, 7) is 14.8. The number of likely N-dealkylation sites (N-methyl/N-ethyl adjacent to an activating group) is 1. The van der Waals surface area contributed by atoms with Gasteiger partial charge in [0.15, 0.2) is 0 Å². The molecule has 0 aromatic carbocycles. The lowest BCUT2D eigenvalue weighted by molar-refractivity contribution is 0.111. The van der Waals surface area contributed by atoms with Crippen LogP contribution in [0.5, 0.6) is 0 Å². The van der Waals surface area contributed by atoms with Crippen LogP contribution < -0.4 is 5.32 Å². The average molecular weight is 230 g/mol. The number of hydrogen-bond acceptors (Lipinski definition) is 3. The lowest BCUT2D eigenvalue weighted by atomic mass is 10.2. The van der Waals surface area contributed by atoms with E-state index in [9.17, 15) is 0 Å². The summed E-state index contributed by atoms with van der Waals surface area (Å²) < 4.78 is 5.40. The summed E-state index contributed by atoms with van der Waals surface area (Å²) in [5, 5.41) is 3.59. The normalized spacial score (nSPS) is 13.3. The highest BCUT2D eigenvalue weighted by Crippen LogP contribution is 1.97. The van der Waals surface area contributed by atoms with Crippen LogP contribution >= 0.6 is 0 Å². The number of nitrogens with zero attached hydrogens (tertiary/aromatic N) is 1. The Morgan fingerprint density at radius 2 is 1.94 bits per heavy atom. The molecule has 0 aromatic rings. The van der Waals surface area contributed by atoms with E-state index in [4.69, 9.17) is 4.74 Å². The van der Waals surface area contributed by atoms with Crippen molar-refractivity contribution in [2.75, 3.05) is 39.4 Å². The van der Waals surface area contributed by atoms with Gasteiger partial charge in [-0.1, -0.05) is 20.8 Å². The van der Waals surface area contributed by atoms with Crippen molar-refractivity contribution in [2.45, 2.75) is 46.6 Å². The van der Waals surface area contributed by atoms with Crippen molar-refractivity contribution >= 4 is 0 Å². The fraction of sp³-hybridized carbons (Fsp3) is 1.00. The molecule has 16 heavy (non-hydrogen) atoms. The Hall–Kier alpha value is -0.120. The Balaban J connectivity index is 3.77. The first-order valence-corrected chi connectivity index (χ1v) is 6.81. The number of hydrogen-bond donors (Lipinski definition) is 1. The Morgan fingerprint density at radius 3 is 2.44 bits per heavy atom. The summed E-state index contributed by atoms with van der Waals surface area (Å²) in [6, 6.07) is 0.626.